The van der Waals surface area contributed by atoms with E-state index in [1.54, 1.807) is 23.1 Å². The van der Waals surface area contributed by atoms with Crippen LogP contribution in [-0.4, -0.2) is 27.8 Å². The Balaban J connectivity index is 1.79. The first-order valence-electron chi connectivity index (χ1n) is 9.65. The predicted molar refractivity (Wildman–Crippen MR) is 118 cm³/mol. The third-order valence-corrected chi connectivity index (χ3v) is 5.87. The minimum absolute atomic E-state index is 0.00689. The molecular formula is C23H18N2O5S. The van der Waals surface area contributed by atoms with Gasteiger partial charge in [0.05, 0.1) is 5.56 Å². The van der Waals surface area contributed by atoms with Crippen molar-refractivity contribution >= 4 is 29.0 Å². The molecule has 3 aromatic carbocycles. The molecule has 8 heteroatoms. The van der Waals surface area contributed by atoms with Crippen molar-refractivity contribution in [3.05, 3.63) is 76.9 Å². The van der Waals surface area contributed by atoms with Crippen LogP contribution in [0.15, 0.2) is 54.6 Å². The fourth-order valence-electron chi connectivity index (χ4n) is 4.33. The number of hydrogen-bond donors (Lipinski definition) is 3. The fraction of sp³-hybridized carbons (Fsp3) is 0.130. The maximum absolute atomic E-state index is 13.1. The maximum atomic E-state index is 13.1. The number of nitrogens with zero attached hydrogens (tertiary/aromatic N) is 1. The van der Waals surface area contributed by atoms with E-state index in [9.17, 15) is 15.0 Å². The summed E-state index contributed by atoms with van der Waals surface area (Å²) in [5, 5.41) is 20.2. The second-order valence-corrected chi connectivity index (χ2v) is 7.76. The predicted octanol–water partition coefficient (Wildman–Crippen LogP) is 3.74. The lowest BCUT2D eigenvalue weighted by atomic mass is 9.77. The first kappa shape index (κ1) is 19.2. The Morgan fingerprint density at radius 3 is 2.13 bits per heavy atom. The number of carbonyl (C=O) groups excluding carboxylic acids is 1. The van der Waals surface area contributed by atoms with Gasteiger partial charge in [-0.2, -0.15) is 0 Å². The molecule has 7 nitrogen and oxygen atoms in total. The van der Waals surface area contributed by atoms with Crippen LogP contribution in [0.4, 0.5) is 5.69 Å². The Bertz CT molecular complexity index is 1220. The summed E-state index contributed by atoms with van der Waals surface area (Å²) >= 11 is 5.13. The summed E-state index contributed by atoms with van der Waals surface area (Å²) in [6.07, 6.45) is 0. The Morgan fingerprint density at radius 1 is 1.00 bits per heavy atom. The van der Waals surface area contributed by atoms with Gasteiger partial charge in [0.15, 0.2) is 10.7 Å². The van der Waals surface area contributed by atoms with Crippen molar-refractivity contribution in [3.63, 3.8) is 0 Å². The van der Waals surface area contributed by atoms with E-state index < -0.39 is 11.6 Å². The molecule has 0 unspecified atom stereocenters. The number of anilines is 1. The number of fused-ring (bicyclic) bond motifs is 6. The molecule has 156 valence electrons. The van der Waals surface area contributed by atoms with Gasteiger partial charge < -0.3 is 30.3 Å². The number of phenols is 2. The number of ether oxygens (including phenoxy) is 2. The van der Waals surface area contributed by atoms with Gasteiger partial charge in [0.1, 0.15) is 23.0 Å². The van der Waals surface area contributed by atoms with Crippen molar-refractivity contribution in [2.24, 2.45) is 5.73 Å². The maximum Gasteiger partial charge on any atom is 0.340 e. The number of carbonyl (C=O) groups is 1. The number of nitrogens with two attached hydrogens (primary N) is 1. The third kappa shape index (κ3) is 2.65. The summed E-state index contributed by atoms with van der Waals surface area (Å²) < 4.78 is 12.0. The Kier molecular flexibility index (Phi) is 4.10. The summed E-state index contributed by atoms with van der Waals surface area (Å²) in [6, 6.07) is 14.6. The monoisotopic (exact) mass is 434 g/mol. The van der Waals surface area contributed by atoms with Crippen molar-refractivity contribution < 1.29 is 24.5 Å². The SMILES string of the molecule is CCN(C(N)=S)c1ccc2c(c1)C(=O)OC21c2ccc(O)cc2Oc2cc(O)ccc21. The molecule has 2 aliphatic heterocycles. The molecule has 5 rings (SSSR count). The highest BCUT2D eigenvalue weighted by Gasteiger charge is 2.53. The number of rotatable bonds is 2. The number of benzene rings is 3. The highest BCUT2D eigenvalue weighted by Crippen LogP contribution is 2.57. The molecule has 4 N–H and O–H groups in total. The summed E-state index contributed by atoms with van der Waals surface area (Å²) in [6.45, 7) is 2.46. The molecule has 0 radical (unpaired) electrons. The summed E-state index contributed by atoms with van der Waals surface area (Å²) in [5.74, 6) is 0.179. The molecule has 0 atom stereocenters. The van der Waals surface area contributed by atoms with Gasteiger partial charge in [-0.1, -0.05) is 6.07 Å². The zero-order valence-electron chi connectivity index (χ0n) is 16.5. The van der Waals surface area contributed by atoms with E-state index in [2.05, 4.69) is 0 Å². The Morgan fingerprint density at radius 2 is 1.58 bits per heavy atom. The van der Waals surface area contributed by atoms with Gasteiger partial charge in [0, 0.05) is 41.1 Å². The molecule has 0 saturated heterocycles. The van der Waals surface area contributed by atoms with Crippen LogP contribution < -0.4 is 15.4 Å². The lowest BCUT2D eigenvalue weighted by Gasteiger charge is -2.36. The average Bonchev–Trinajstić information content (AvgIpc) is 3.00. The molecule has 0 aromatic heterocycles. The number of hydrogen-bond acceptors (Lipinski definition) is 6. The zero-order valence-corrected chi connectivity index (χ0v) is 17.3. The van der Waals surface area contributed by atoms with Gasteiger partial charge in [-0.3, -0.25) is 0 Å². The quantitative estimate of drug-likeness (QED) is 0.414. The van der Waals surface area contributed by atoms with Gasteiger partial charge in [0.25, 0.3) is 0 Å². The molecule has 1 spiro atoms. The van der Waals surface area contributed by atoms with Crippen LogP contribution >= 0.6 is 12.2 Å². The minimum atomic E-state index is -1.28. The third-order valence-electron chi connectivity index (χ3n) is 5.65. The van der Waals surface area contributed by atoms with Gasteiger partial charge in [-0.05, 0) is 55.5 Å². The van der Waals surface area contributed by atoms with Crippen LogP contribution in [-0.2, 0) is 10.3 Å². The Labute approximate surface area is 183 Å². The van der Waals surface area contributed by atoms with Crippen LogP contribution in [0.25, 0.3) is 0 Å². The van der Waals surface area contributed by atoms with Crippen LogP contribution in [0.1, 0.15) is 34.0 Å². The molecule has 0 fully saturated rings. The summed E-state index contributed by atoms with van der Waals surface area (Å²) in [5.41, 5.74) is 7.39. The highest BCUT2D eigenvalue weighted by molar-refractivity contribution is 7.80. The van der Waals surface area contributed by atoms with Crippen LogP contribution in [0, 0.1) is 0 Å². The minimum Gasteiger partial charge on any atom is -0.508 e. The summed E-state index contributed by atoms with van der Waals surface area (Å²) in [7, 11) is 0. The smallest absolute Gasteiger partial charge is 0.340 e. The molecule has 31 heavy (non-hydrogen) atoms. The van der Waals surface area contributed by atoms with E-state index in [1.165, 1.54) is 24.3 Å². The number of phenolic OH excluding ortho intramolecular Hbond substituents is 2. The van der Waals surface area contributed by atoms with Crippen LogP contribution in [0.3, 0.4) is 0 Å². The Hall–Kier alpha value is -3.78. The van der Waals surface area contributed by atoms with Crippen LogP contribution in [0.2, 0.25) is 0 Å². The van der Waals surface area contributed by atoms with Crippen molar-refractivity contribution in [3.8, 4) is 23.0 Å². The van der Waals surface area contributed by atoms with Crippen molar-refractivity contribution in [1.29, 1.82) is 0 Å². The molecule has 3 aromatic rings. The van der Waals surface area contributed by atoms with Gasteiger partial charge in [-0.15, -0.1) is 0 Å². The van der Waals surface area contributed by atoms with E-state index in [0.29, 0.717) is 46.0 Å². The van der Waals surface area contributed by atoms with E-state index in [-0.39, 0.29) is 16.6 Å². The normalized spacial score (nSPS) is 14.8. The van der Waals surface area contributed by atoms with E-state index in [0.717, 1.165) is 0 Å². The summed E-state index contributed by atoms with van der Waals surface area (Å²) in [4.78, 5) is 14.8. The van der Waals surface area contributed by atoms with Gasteiger partial charge in [-0.25, -0.2) is 4.79 Å². The topological polar surface area (TPSA) is 105 Å². The lowest BCUT2D eigenvalue weighted by Crippen LogP contribution is -2.35. The van der Waals surface area contributed by atoms with Gasteiger partial charge >= 0.3 is 5.97 Å². The first-order valence-corrected chi connectivity index (χ1v) is 10.1. The van der Waals surface area contributed by atoms with E-state index in [4.69, 9.17) is 27.4 Å². The fourth-order valence-corrected chi connectivity index (χ4v) is 4.56. The molecule has 2 heterocycles. The number of esters is 1. The second-order valence-electron chi connectivity index (χ2n) is 7.35. The molecule has 0 amide bonds. The number of aromatic hydroxyl groups is 2. The largest absolute Gasteiger partial charge is 0.508 e. The lowest BCUT2D eigenvalue weighted by molar-refractivity contribution is 0.0224. The molecule has 0 saturated carbocycles. The number of thiocarbonyl (C=S) groups is 1. The van der Waals surface area contributed by atoms with Crippen molar-refractivity contribution in [2.75, 3.05) is 11.4 Å². The first-order chi connectivity index (χ1) is 14.8. The van der Waals surface area contributed by atoms with Gasteiger partial charge in [0.2, 0.25) is 0 Å². The van der Waals surface area contributed by atoms with E-state index in [1.807, 2.05) is 19.1 Å². The molecule has 0 bridgehead atoms. The highest BCUT2D eigenvalue weighted by atomic mass is 32.1. The standard InChI is InChI=1S/C23H18N2O5S/c1-2-25(22(24)31)12-3-6-16-15(9-12)21(28)30-23(16)17-7-4-13(26)10-19(17)29-20-11-14(27)5-8-18(20)23/h3-11,26-27H,2H2,1H3,(H2,24,31). The molecule has 2 aliphatic rings. The van der Waals surface area contributed by atoms with Crippen LogP contribution in [0.5, 0.6) is 23.0 Å². The zero-order chi connectivity index (χ0) is 21.9. The van der Waals surface area contributed by atoms with Crippen molar-refractivity contribution in [2.45, 2.75) is 12.5 Å². The van der Waals surface area contributed by atoms with E-state index >= 15 is 0 Å². The van der Waals surface area contributed by atoms with Crippen molar-refractivity contribution in [1.82, 2.24) is 0 Å². The molecular weight excluding hydrogens is 416 g/mol. The average molecular weight is 434 g/mol. The molecule has 0 aliphatic carbocycles. The second kappa shape index (κ2) is 6.61.